The lowest BCUT2D eigenvalue weighted by Gasteiger charge is -2.21. The Morgan fingerprint density at radius 2 is 2.12 bits per heavy atom. The summed E-state index contributed by atoms with van der Waals surface area (Å²) in [7, 11) is 0. The lowest BCUT2D eigenvalue weighted by molar-refractivity contribution is 0.0601. The molecule has 0 bridgehead atoms. The predicted octanol–water partition coefficient (Wildman–Crippen LogP) is 3.65. The van der Waals surface area contributed by atoms with E-state index in [1.54, 1.807) is 0 Å². The first kappa shape index (κ1) is 12.6. The zero-order chi connectivity index (χ0) is 12.3. The Bertz CT molecular complexity index is 409. The Kier molecular flexibility index (Phi) is 4.19. The van der Waals surface area contributed by atoms with Crippen molar-refractivity contribution in [2.45, 2.75) is 26.2 Å². The van der Waals surface area contributed by atoms with Crippen LogP contribution in [0.1, 0.15) is 35.2 Å². The number of hydrogen-bond donors (Lipinski definition) is 0. The molecular weight excluding hydrogens is 236 g/mol. The molecule has 1 heterocycles. The Hall–Kier alpha value is -0.860. The molecule has 0 amide bonds. The fraction of sp³-hybridized carbons (Fsp3) is 0.500. The van der Waals surface area contributed by atoms with Crippen molar-refractivity contribution in [2.75, 3.05) is 13.2 Å². The maximum absolute atomic E-state index is 12.1. The van der Waals surface area contributed by atoms with Crippen molar-refractivity contribution in [1.29, 1.82) is 0 Å². The number of carbonyl (C=O) groups is 1. The molecule has 2 rings (SSSR count). The standard InChI is InChI=1S/C14H17ClO2/c1-10-2-3-12(13(15)8-10)14(16)9-11-4-6-17-7-5-11/h2-3,8,11H,4-7,9H2,1H3. The van der Waals surface area contributed by atoms with Gasteiger partial charge in [0, 0.05) is 25.2 Å². The number of ether oxygens (including phenoxy) is 1. The van der Waals surface area contributed by atoms with Crippen LogP contribution >= 0.6 is 11.6 Å². The SMILES string of the molecule is Cc1ccc(C(=O)CC2CCOCC2)c(Cl)c1. The third-order valence-corrected chi connectivity index (χ3v) is 3.55. The van der Waals surface area contributed by atoms with E-state index in [1.165, 1.54) is 0 Å². The topological polar surface area (TPSA) is 26.3 Å². The second-order valence-electron chi connectivity index (χ2n) is 4.67. The normalized spacial score (nSPS) is 17.1. The van der Waals surface area contributed by atoms with Gasteiger partial charge in [0.25, 0.3) is 0 Å². The Morgan fingerprint density at radius 3 is 2.76 bits per heavy atom. The molecule has 1 fully saturated rings. The van der Waals surface area contributed by atoms with Gasteiger partial charge in [-0.15, -0.1) is 0 Å². The first-order valence-corrected chi connectivity index (χ1v) is 6.41. The zero-order valence-electron chi connectivity index (χ0n) is 10.0. The molecule has 92 valence electrons. The van der Waals surface area contributed by atoms with Crippen LogP contribution in [0.15, 0.2) is 18.2 Å². The Balaban J connectivity index is 2.03. The number of Topliss-reactive ketones (excluding diaryl/α,β-unsaturated/α-hetero) is 1. The summed E-state index contributed by atoms with van der Waals surface area (Å²) in [4.78, 5) is 12.1. The van der Waals surface area contributed by atoms with E-state index in [9.17, 15) is 4.79 Å². The fourth-order valence-electron chi connectivity index (χ4n) is 2.17. The van der Waals surface area contributed by atoms with E-state index in [-0.39, 0.29) is 5.78 Å². The van der Waals surface area contributed by atoms with Gasteiger partial charge in [0.15, 0.2) is 5.78 Å². The average molecular weight is 253 g/mol. The molecule has 0 atom stereocenters. The maximum Gasteiger partial charge on any atom is 0.164 e. The quantitative estimate of drug-likeness (QED) is 0.768. The first-order valence-electron chi connectivity index (χ1n) is 6.04. The summed E-state index contributed by atoms with van der Waals surface area (Å²) in [6, 6.07) is 5.61. The minimum atomic E-state index is 0.155. The minimum Gasteiger partial charge on any atom is -0.381 e. The lowest BCUT2D eigenvalue weighted by atomic mass is 9.92. The number of aryl methyl sites for hydroxylation is 1. The molecule has 0 saturated carbocycles. The highest BCUT2D eigenvalue weighted by Crippen LogP contribution is 2.24. The number of ketones is 1. The smallest absolute Gasteiger partial charge is 0.164 e. The van der Waals surface area contributed by atoms with Crippen molar-refractivity contribution >= 4 is 17.4 Å². The third kappa shape index (κ3) is 3.30. The second-order valence-corrected chi connectivity index (χ2v) is 5.07. The van der Waals surface area contributed by atoms with Gasteiger partial charge in [-0.05, 0) is 43.4 Å². The van der Waals surface area contributed by atoms with Gasteiger partial charge in [0.1, 0.15) is 0 Å². The van der Waals surface area contributed by atoms with Crippen LogP contribution in [0, 0.1) is 12.8 Å². The molecule has 0 aliphatic carbocycles. The van der Waals surface area contributed by atoms with Crippen molar-refractivity contribution in [1.82, 2.24) is 0 Å². The highest BCUT2D eigenvalue weighted by molar-refractivity contribution is 6.34. The number of rotatable bonds is 3. The van der Waals surface area contributed by atoms with E-state index in [1.807, 2.05) is 25.1 Å². The highest BCUT2D eigenvalue weighted by atomic mass is 35.5. The van der Waals surface area contributed by atoms with E-state index in [0.717, 1.165) is 31.6 Å². The van der Waals surface area contributed by atoms with Gasteiger partial charge in [-0.1, -0.05) is 17.7 Å². The first-order chi connectivity index (χ1) is 8.16. The molecule has 1 aromatic rings. The van der Waals surface area contributed by atoms with Crippen LogP contribution in [0.4, 0.5) is 0 Å². The van der Waals surface area contributed by atoms with Crippen molar-refractivity contribution in [3.05, 3.63) is 34.3 Å². The van der Waals surface area contributed by atoms with Gasteiger partial charge in [-0.25, -0.2) is 0 Å². The molecule has 0 aromatic heterocycles. The van der Waals surface area contributed by atoms with Gasteiger partial charge < -0.3 is 4.74 Å². The monoisotopic (exact) mass is 252 g/mol. The summed E-state index contributed by atoms with van der Waals surface area (Å²) in [5.74, 6) is 0.607. The Labute approximate surface area is 107 Å². The predicted molar refractivity (Wildman–Crippen MR) is 68.7 cm³/mol. The number of halogens is 1. The number of benzene rings is 1. The van der Waals surface area contributed by atoms with Crippen LogP contribution in [0.5, 0.6) is 0 Å². The molecule has 1 aromatic carbocycles. The molecule has 17 heavy (non-hydrogen) atoms. The van der Waals surface area contributed by atoms with Crippen LogP contribution in [0.2, 0.25) is 5.02 Å². The van der Waals surface area contributed by atoms with Gasteiger partial charge in [-0.2, -0.15) is 0 Å². The molecule has 2 nitrogen and oxygen atoms in total. The van der Waals surface area contributed by atoms with Crippen molar-refractivity contribution in [3.63, 3.8) is 0 Å². The van der Waals surface area contributed by atoms with E-state index >= 15 is 0 Å². The molecule has 0 N–H and O–H groups in total. The summed E-state index contributed by atoms with van der Waals surface area (Å²) < 4.78 is 5.29. The van der Waals surface area contributed by atoms with Gasteiger partial charge in [0.05, 0.1) is 5.02 Å². The molecule has 1 aliphatic heterocycles. The summed E-state index contributed by atoms with van der Waals surface area (Å²) in [5, 5.41) is 0.571. The summed E-state index contributed by atoms with van der Waals surface area (Å²) in [6.07, 6.45) is 2.55. The van der Waals surface area contributed by atoms with Gasteiger partial charge >= 0.3 is 0 Å². The van der Waals surface area contributed by atoms with Crippen LogP contribution in [-0.2, 0) is 4.74 Å². The number of carbonyl (C=O) groups excluding carboxylic acids is 1. The summed E-state index contributed by atoms with van der Waals surface area (Å²) >= 11 is 6.10. The highest BCUT2D eigenvalue weighted by Gasteiger charge is 2.19. The zero-order valence-corrected chi connectivity index (χ0v) is 10.8. The van der Waals surface area contributed by atoms with Gasteiger partial charge in [0.2, 0.25) is 0 Å². The van der Waals surface area contributed by atoms with E-state index in [2.05, 4.69) is 0 Å². The van der Waals surface area contributed by atoms with Crippen LogP contribution < -0.4 is 0 Å². The second kappa shape index (κ2) is 5.65. The van der Waals surface area contributed by atoms with E-state index < -0.39 is 0 Å². The summed E-state index contributed by atoms with van der Waals surface area (Å²) in [5.41, 5.74) is 1.74. The molecule has 1 saturated heterocycles. The molecule has 1 aliphatic rings. The molecular formula is C14H17ClO2. The van der Waals surface area contributed by atoms with Crippen LogP contribution in [0.3, 0.4) is 0 Å². The van der Waals surface area contributed by atoms with Gasteiger partial charge in [-0.3, -0.25) is 4.79 Å². The minimum absolute atomic E-state index is 0.155. The molecule has 0 spiro atoms. The third-order valence-electron chi connectivity index (χ3n) is 3.24. The van der Waals surface area contributed by atoms with Crippen LogP contribution in [-0.4, -0.2) is 19.0 Å². The lowest BCUT2D eigenvalue weighted by Crippen LogP contribution is -2.18. The number of hydrogen-bond acceptors (Lipinski definition) is 2. The fourth-order valence-corrected chi connectivity index (χ4v) is 2.51. The largest absolute Gasteiger partial charge is 0.381 e. The Morgan fingerprint density at radius 1 is 1.41 bits per heavy atom. The van der Waals surface area contributed by atoms with E-state index in [4.69, 9.17) is 16.3 Å². The molecule has 3 heteroatoms. The summed E-state index contributed by atoms with van der Waals surface area (Å²) in [6.45, 7) is 3.53. The maximum atomic E-state index is 12.1. The van der Waals surface area contributed by atoms with E-state index in [0.29, 0.717) is 22.9 Å². The molecule has 0 unspecified atom stereocenters. The molecule has 0 radical (unpaired) electrons. The van der Waals surface area contributed by atoms with Crippen LogP contribution in [0.25, 0.3) is 0 Å². The van der Waals surface area contributed by atoms with Crippen molar-refractivity contribution < 1.29 is 9.53 Å². The average Bonchev–Trinajstić information content (AvgIpc) is 2.30. The van der Waals surface area contributed by atoms with Crippen molar-refractivity contribution in [2.24, 2.45) is 5.92 Å². The van der Waals surface area contributed by atoms with Crippen molar-refractivity contribution in [3.8, 4) is 0 Å².